The number of hydrogen-bond acceptors (Lipinski definition) is 2. The van der Waals surface area contributed by atoms with Crippen LogP contribution in [0.4, 0.5) is 35.1 Å². The molecule has 11 heteroatoms. The van der Waals surface area contributed by atoms with Crippen molar-refractivity contribution in [1.29, 1.82) is 0 Å². The van der Waals surface area contributed by atoms with E-state index in [1.165, 1.54) is 4.98 Å². The van der Waals surface area contributed by atoms with Gasteiger partial charge in [-0.1, -0.05) is 0 Å². The summed E-state index contributed by atoms with van der Waals surface area (Å²) in [6.07, 6.45) is -14.7. The standard InChI is InChI=1S/C8H3F8NO2/c9-6(10)4-3(7(11,12)13)5(18)2(1-17-4)19-8(14,15)16/h1,6H,(H,17,18). The summed E-state index contributed by atoms with van der Waals surface area (Å²) in [4.78, 5) is 12.4. The highest BCUT2D eigenvalue weighted by atomic mass is 19.4. The van der Waals surface area contributed by atoms with Crippen molar-refractivity contribution in [2.45, 2.75) is 19.0 Å². The Morgan fingerprint density at radius 3 is 2.00 bits per heavy atom. The van der Waals surface area contributed by atoms with Gasteiger partial charge in [0, 0.05) is 6.20 Å². The molecule has 0 saturated carbocycles. The Bertz CT molecular complexity index is 515. The topological polar surface area (TPSA) is 42.1 Å². The molecule has 0 bridgehead atoms. The molecule has 1 rings (SSSR count). The molecule has 0 spiro atoms. The van der Waals surface area contributed by atoms with Crippen LogP contribution in [-0.4, -0.2) is 11.3 Å². The number of hydrogen-bond donors (Lipinski definition) is 1. The molecule has 0 amide bonds. The minimum atomic E-state index is -5.55. The van der Waals surface area contributed by atoms with Crippen molar-refractivity contribution < 1.29 is 39.9 Å². The minimum Gasteiger partial charge on any atom is -0.400 e. The van der Waals surface area contributed by atoms with Gasteiger partial charge in [0.25, 0.3) is 6.43 Å². The first-order valence-electron chi connectivity index (χ1n) is 4.30. The van der Waals surface area contributed by atoms with Crippen LogP contribution in [-0.2, 0) is 6.18 Å². The van der Waals surface area contributed by atoms with Crippen LogP contribution in [0.5, 0.6) is 5.75 Å². The molecule has 1 aromatic heterocycles. The number of alkyl halides is 8. The number of ether oxygens (including phenoxy) is 1. The van der Waals surface area contributed by atoms with Gasteiger partial charge in [0.2, 0.25) is 5.43 Å². The van der Waals surface area contributed by atoms with Gasteiger partial charge >= 0.3 is 12.5 Å². The first kappa shape index (κ1) is 15.2. The second-order valence-corrected chi connectivity index (χ2v) is 3.12. The summed E-state index contributed by atoms with van der Waals surface area (Å²) in [5.74, 6) is -1.77. The molecule has 0 aliphatic heterocycles. The van der Waals surface area contributed by atoms with E-state index in [-0.39, 0.29) is 6.20 Å². The summed E-state index contributed by atoms with van der Waals surface area (Å²) >= 11 is 0. The maximum atomic E-state index is 12.4. The monoisotopic (exact) mass is 297 g/mol. The average Bonchev–Trinajstić information content (AvgIpc) is 2.16. The molecular formula is C8H3F8NO2. The summed E-state index contributed by atoms with van der Waals surface area (Å²) in [5, 5.41) is 0. The number of halogens is 8. The molecule has 0 radical (unpaired) electrons. The van der Waals surface area contributed by atoms with E-state index < -0.39 is 41.4 Å². The molecule has 19 heavy (non-hydrogen) atoms. The lowest BCUT2D eigenvalue weighted by atomic mass is 10.1. The summed E-state index contributed by atoms with van der Waals surface area (Å²) in [6, 6.07) is 0. The van der Waals surface area contributed by atoms with Gasteiger partial charge in [-0.05, 0) is 0 Å². The first-order valence-corrected chi connectivity index (χ1v) is 4.30. The summed E-state index contributed by atoms with van der Waals surface area (Å²) in [6.45, 7) is 0. The Hall–Kier alpha value is -1.81. The van der Waals surface area contributed by atoms with E-state index in [0.29, 0.717) is 0 Å². The van der Waals surface area contributed by atoms with Crippen molar-refractivity contribution in [3.63, 3.8) is 0 Å². The molecule has 0 unspecified atom stereocenters. The Morgan fingerprint density at radius 2 is 1.63 bits per heavy atom. The fourth-order valence-electron chi connectivity index (χ4n) is 1.18. The third-order valence-corrected chi connectivity index (χ3v) is 1.81. The Kier molecular flexibility index (Phi) is 3.77. The number of aromatic nitrogens is 1. The van der Waals surface area contributed by atoms with Crippen molar-refractivity contribution in [3.05, 3.63) is 27.7 Å². The maximum absolute atomic E-state index is 12.4. The molecule has 0 aromatic carbocycles. The molecule has 0 saturated heterocycles. The second kappa shape index (κ2) is 4.70. The number of H-pyrrole nitrogens is 1. The van der Waals surface area contributed by atoms with E-state index in [0.717, 1.165) is 0 Å². The van der Waals surface area contributed by atoms with E-state index in [4.69, 9.17) is 0 Å². The normalized spacial score (nSPS) is 12.9. The Labute approximate surface area is 98.3 Å². The van der Waals surface area contributed by atoms with Gasteiger partial charge in [-0.15, -0.1) is 13.2 Å². The fraction of sp³-hybridized carbons (Fsp3) is 0.375. The van der Waals surface area contributed by atoms with Gasteiger partial charge in [-0.2, -0.15) is 13.2 Å². The molecule has 3 nitrogen and oxygen atoms in total. The Balaban J connectivity index is 3.48. The molecule has 1 heterocycles. The van der Waals surface area contributed by atoms with Gasteiger partial charge in [0.05, 0.1) is 5.69 Å². The summed E-state index contributed by atoms with van der Waals surface area (Å²) in [7, 11) is 0. The summed E-state index contributed by atoms with van der Waals surface area (Å²) in [5.41, 5.74) is -6.57. The number of aromatic amines is 1. The van der Waals surface area contributed by atoms with Crippen LogP contribution >= 0.6 is 0 Å². The minimum absolute atomic E-state index is 0.00738. The lowest BCUT2D eigenvalue weighted by Crippen LogP contribution is -2.28. The van der Waals surface area contributed by atoms with Gasteiger partial charge in [-0.25, -0.2) is 8.78 Å². The quantitative estimate of drug-likeness (QED) is 0.852. The maximum Gasteiger partial charge on any atom is 0.573 e. The smallest absolute Gasteiger partial charge is 0.400 e. The van der Waals surface area contributed by atoms with Crippen molar-refractivity contribution in [2.24, 2.45) is 0 Å². The zero-order valence-corrected chi connectivity index (χ0v) is 8.49. The van der Waals surface area contributed by atoms with Gasteiger partial charge in [0.15, 0.2) is 5.75 Å². The first-order chi connectivity index (χ1) is 8.43. The highest BCUT2D eigenvalue weighted by Crippen LogP contribution is 2.34. The summed E-state index contributed by atoms with van der Waals surface area (Å²) < 4.78 is 100. The molecule has 0 aliphatic carbocycles. The van der Waals surface area contributed by atoms with E-state index in [1.807, 2.05) is 0 Å². The zero-order chi connectivity index (χ0) is 15.0. The molecule has 0 aliphatic rings. The predicted molar refractivity (Wildman–Crippen MR) is 43.7 cm³/mol. The zero-order valence-electron chi connectivity index (χ0n) is 8.49. The third-order valence-electron chi connectivity index (χ3n) is 1.81. The molecule has 1 N–H and O–H groups in total. The predicted octanol–water partition coefficient (Wildman–Crippen LogP) is 3.23. The van der Waals surface area contributed by atoms with Gasteiger partial charge in [0.1, 0.15) is 5.56 Å². The van der Waals surface area contributed by atoms with Crippen LogP contribution < -0.4 is 10.2 Å². The van der Waals surface area contributed by atoms with Crippen LogP contribution in [0.1, 0.15) is 17.7 Å². The largest absolute Gasteiger partial charge is 0.573 e. The van der Waals surface area contributed by atoms with Crippen LogP contribution in [0.3, 0.4) is 0 Å². The SMILES string of the molecule is O=c1c(OC(F)(F)F)c[nH]c(C(F)F)c1C(F)(F)F. The molecule has 108 valence electrons. The van der Waals surface area contributed by atoms with Crippen molar-refractivity contribution >= 4 is 0 Å². The lowest BCUT2D eigenvalue weighted by Gasteiger charge is -2.14. The highest BCUT2D eigenvalue weighted by molar-refractivity contribution is 5.32. The van der Waals surface area contributed by atoms with Crippen LogP contribution in [0.25, 0.3) is 0 Å². The van der Waals surface area contributed by atoms with Crippen molar-refractivity contribution in [3.8, 4) is 5.75 Å². The third kappa shape index (κ3) is 3.58. The fourth-order valence-corrected chi connectivity index (χ4v) is 1.18. The van der Waals surface area contributed by atoms with Gasteiger partial charge in [-0.3, -0.25) is 4.79 Å². The molecular weight excluding hydrogens is 294 g/mol. The van der Waals surface area contributed by atoms with E-state index in [2.05, 4.69) is 4.74 Å². The highest BCUT2D eigenvalue weighted by Gasteiger charge is 2.42. The van der Waals surface area contributed by atoms with Crippen molar-refractivity contribution in [1.82, 2.24) is 4.98 Å². The van der Waals surface area contributed by atoms with E-state index in [1.54, 1.807) is 0 Å². The number of rotatable bonds is 2. The molecule has 1 aromatic rings. The van der Waals surface area contributed by atoms with Gasteiger partial charge < -0.3 is 9.72 Å². The van der Waals surface area contributed by atoms with E-state index >= 15 is 0 Å². The molecule has 0 atom stereocenters. The van der Waals surface area contributed by atoms with Crippen LogP contribution in [0, 0.1) is 0 Å². The van der Waals surface area contributed by atoms with Crippen molar-refractivity contribution in [2.75, 3.05) is 0 Å². The lowest BCUT2D eigenvalue weighted by molar-refractivity contribution is -0.275. The number of pyridine rings is 1. The van der Waals surface area contributed by atoms with E-state index in [9.17, 15) is 39.9 Å². The van der Waals surface area contributed by atoms with Crippen LogP contribution in [0.15, 0.2) is 11.0 Å². The Morgan fingerprint density at radius 1 is 1.11 bits per heavy atom. The number of nitrogens with one attached hydrogen (secondary N) is 1. The molecule has 0 fully saturated rings. The second-order valence-electron chi connectivity index (χ2n) is 3.12. The average molecular weight is 297 g/mol. The van der Waals surface area contributed by atoms with Crippen LogP contribution in [0.2, 0.25) is 0 Å².